The summed E-state index contributed by atoms with van der Waals surface area (Å²) < 4.78 is 1.78. The number of amides is 3. The summed E-state index contributed by atoms with van der Waals surface area (Å²) in [7, 11) is 0. The monoisotopic (exact) mass is 487 g/mol. The van der Waals surface area contributed by atoms with Crippen molar-refractivity contribution in [3.05, 3.63) is 65.9 Å². The van der Waals surface area contributed by atoms with Crippen LogP contribution in [0.4, 0.5) is 10.6 Å². The van der Waals surface area contributed by atoms with Gasteiger partial charge in [-0.3, -0.25) is 4.79 Å². The Kier molecular flexibility index (Phi) is 8.41. The highest BCUT2D eigenvalue weighted by molar-refractivity contribution is 5.97. The van der Waals surface area contributed by atoms with Gasteiger partial charge < -0.3 is 15.5 Å². The van der Waals surface area contributed by atoms with Crippen LogP contribution in [0.5, 0.6) is 0 Å². The summed E-state index contributed by atoms with van der Waals surface area (Å²) in [4.78, 5) is 28.0. The average molecular weight is 488 g/mol. The molecule has 1 aliphatic rings. The van der Waals surface area contributed by atoms with Crippen molar-refractivity contribution >= 4 is 17.8 Å². The maximum atomic E-state index is 13.4. The molecule has 2 aromatic carbocycles. The number of hydrogen-bond acceptors (Lipinski definition) is 3. The lowest BCUT2D eigenvalue weighted by Crippen LogP contribution is -2.48. The lowest BCUT2D eigenvalue weighted by molar-refractivity contribution is -0.116. The van der Waals surface area contributed by atoms with E-state index in [-0.39, 0.29) is 24.5 Å². The standard InChI is InChI=1S/C29H37N5O2/c1-4-19-33(29(36)30-24-13-9-6-10-14-24)20-26(35)31-28-27(23-11-7-5-8-12-23)22(3)32-34(28)25-17-15-21(2)16-18-25/h5,7-8,11-12,15-18,24H,4,6,9-10,13-14,19-20H2,1-3H3,(H,30,36)(H,31,35). The minimum absolute atomic E-state index is 0.0151. The van der Waals surface area contributed by atoms with Crippen molar-refractivity contribution in [2.75, 3.05) is 18.4 Å². The van der Waals surface area contributed by atoms with Gasteiger partial charge in [-0.25, -0.2) is 9.48 Å². The highest BCUT2D eigenvalue weighted by Crippen LogP contribution is 2.33. The Morgan fingerprint density at radius 3 is 2.36 bits per heavy atom. The zero-order valence-corrected chi connectivity index (χ0v) is 21.6. The minimum Gasteiger partial charge on any atom is -0.335 e. The van der Waals surface area contributed by atoms with Crippen molar-refractivity contribution in [2.45, 2.75) is 65.3 Å². The highest BCUT2D eigenvalue weighted by Gasteiger charge is 2.24. The topological polar surface area (TPSA) is 79.3 Å². The number of hydrogen-bond donors (Lipinski definition) is 2. The lowest BCUT2D eigenvalue weighted by atomic mass is 9.96. The summed E-state index contributed by atoms with van der Waals surface area (Å²) in [6, 6.07) is 18.0. The van der Waals surface area contributed by atoms with Crippen molar-refractivity contribution in [1.29, 1.82) is 0 Å². The predicted octanol–water partition coefficient (Wildman–Crippen LogP) is 5.85. The molecule has 0 unspecified atom stereocenters. The van der Waals surface area contributed by atoms with Crippen LogP contribution in [0.25, 0.3) is 16.8 Å². The fourth-order valence-corrected chi connectivity index (χ4v) is 4.85. The molecule has 0 saturated heterocycles. The Hall–Kier alpha value is -3.61. The number of nitrogens with one attached hydrogen (secondary N) is 2. The Labute approximate surface area is 213 Å². The molecule has 4 rings (SSSR count). The molecule has 1 fully saturated rings. The quantitative estimate of drug-likeness (QED) is 0.418. The van der Waals surface area contributed by atoms with Crippen LogP contribution in [-0.2, 0) is 4.79 Å². The molecule has 7 nitrogen and oxygen atoms in total. The second kappa shape index (κ2) is 11.9. The average Bonchev–Trinajstić information content (AvgIpc) is 3.20. The Morgan fingerprint density at radius 2 is 1.69 bits per heavy atom. The fourth-order valence-electron chi connectivity index (χ4n) is 4.85. The molecular weight excluding hydrogens is 450 g/mol. The van der Waals surface area contributed by atoms with E-state index in [1.165, 1.54) is 6.42 Å². The smallest absolute Gasteiger partial charge is 0.318 e. The summed E-state index contributed by atoms with van der Waals surface area (Å²) in [5.74, 6) is 0.365. The fraction of sp³-hybridized carbons (Fsp3) is 0.414. The van der Waals surface area contributed by atoms with Gasteiger partial charge in [0.1, 0.15) is 12.4 Å². The molecule has 0 spiro atoms. The van der Waals surface area contributed by atoms with E-state index in [0.717, 1.165) is 60.2 Å². The van der Waals surface area contributed by atoms with Crippen molar-refractivity contribution in [1.82, 2.24) is 20.0 Å². The Bertz CT molecular complexity index is 1160. The molecule has 3 amide bonds. The summed E-state index contributed by atoms with van der Waals surface area (Å²) in [6.45, 7) is 6.51. The number of urea groups is 1. The maximum Gasteiger partial charge on any atom is 0.318 e. The Morgan fingerprint density at radius 1 is 1.00 bits per heavy atom. The first-order chi connectivity index (χ1) is 17.5. The van der Waals surface area contributed by atoms with Crippen LogP contribution in [0, 0.1) is 13.8 Å². The van der Waals surface area contributed by atoms with Crippen molar-refractivity contribution in [3.8, 4) is 16.8 Å². The van der Waals surface area contributed by atoms with E-state index in [2.05, 4.69) is 10.6 Å². The summed E-state index contributed by atoms with van der Waals surface area (Å²) in [6.07, 6.45) is 6.31. The first-order valence-electron chi connectivity index (χ1n) is 13.0. The summed E-state index contributed by atoms with van der Waals surface area (Å²) >= 11 is 0. The molecule has 1 aromatic heterocycles. The van der Waals surface area contributed by atoms with Gasteiger partial charge in [0.15, 0.2) is 0 Å². The SMILES string of the molecule is CCCN(CC(=O)Nc1c(-c2ccccc2)c(C)nn1-c1ccc(C)cc1)C(=O)NC1CCCCC1. The third-order valence-corrected chi connectivity index (χ3v) is 6.71. The lowest BCUT2D eigenvalue weighted by Gasteiger charge is -2.28. The van der Waals surface area contributed by atoms with Crippen LogP contribution in [0.3, 0.4) is 0 Å². The number of carbonyl (C=O) groups excluding carboxylic acids is 2. The van der Waals surface area contributed by atoms with Crippen molar-refractivity contribution in [3.63, 3.8) is 0 Å². The van der Waals surface area contributed by atoms with Gasteiger partial charge in [0.25, 0.3) is 0 Å². The molecule has 36 heavy (non-hydrogen) atoms. The minimum atomic E-state index is -0.243. The van der Waals surface area contributed by atoms with Crippen LogP contribution in [0.15, 0.2) is 54.6 Å². The van der Waals surface area contributed by atoms with Crippen LogP contribution in [0.1, 0.15) is 56.7 Å². The van der Waals surface area contributed by atoms with E-state index in [4.69, 9.17) is 5.10 Å². The molecular formula is C29H37N5O2. The number of aryl methyl sites for hydroxylation is 2. The third kappa shape index (κ3) is 6.14. The number of aromatic nitrogens is 2. The van der Waals surface area contributed by atoms with E-state index >= 15 is 0 Å². The van der Waals surface area contributed by atoms with Gasteiger partial charge in [-0.15, -0.1) is 0 Å². The van der Waals surface area contributed by atoms with Crippen LogP contribution >= 0.6 is 0 Å². The number of nitrogens with zero attached hydrogens (tertiary/aromatic N) is 3. The largest absolute Gasteiger partial charge is 0.335 e. The molecule has 3 aromatic rings. The second-order valence-electron chi connectivity index (χ2n) is 9.68. The molecule has 1 heterocycles. The van der Waals surface area contributed by atoms with E-state index in [1.807, 2.05) is 75.4 Å². The van der Waals surface area contributed by atoms with Crippen molar-refractivity contribution < 1.29 is 9.59 Å². The summed E-state index contributed by atoms with van der Waals surface area (Å²) in [5, 5.41) is 11.0. The second-order valence-corrected chi connectivity index (χ2v) is 9.68. The molecule has 190 valence electrons. The third-order valence-electron chi connectivity index (χ3n) is 6.71. The van der Waals surface area contributed by atoms with Crippen LogP contribution in [0.2, 0.25) is 0 Å². The Balaban J connectivity index is 1.59. The zero-order valence-electron chi connectivity index (χ0n) is 21.6. The van der Waals surface area contributed by atoms with Crippen LogP contribution < -0.4 is 10.6 Å². The van der Waals surface area contributed by atoms with Gasteiger partial charge in [0.2, 0.25) is 5.91 Å². The summed E-state index contributed by atoms with van der Waals surface area (Å²) in [5.41, 5.74) is 4.68. The van der Waals surface area contributed by atoms with E-state index in [0.29, 0.717) is 12.4 Å². The molecule has 0 atom stereocenters. The molecule has 7 heteroatoms. The first kappa shape index (κ1) is 25.5. The van der Waals surface area contributed by atoms with Crippen LogP contribution in [-0.4, -0.2) is 45.8 Å². The van der Waals surface area contributed by atoms with E-state index < -0.39 is 0 Å². The number of rotatable bonds is 8. The predicted molar refractivity (Wildman–Crippen MR) is 144 cm³/mol. The number of anilines is 1. The molecule has 1 saturated carbocycles. The normalized spacial score (nSPS) is 13.9. The van der Waals surface area contributed by atoms with Gasteiger partial charge >= 0.3 is 6.03 Å². The molecule has 2 N–H and O–H groups in total. The highest BCUT2D eigenvalue weighted by atomic mass is 16.2. The van der Waals surface area contributed by atoms with Gasteiger partial charge in [0.05, 0.1) is 11.4 Å². The van der Waals surface area contributed by atoms with E-state index in [1.54, 1.807) is 9.58 Å². The van der Waals surface area contributed by atoms with Crippen molar-refractivity contribution in [2.24, 2.45) is 0 Å². The zero-order chi connectivity index (χ0) is 25.5. The van der Waals surface area contributed by atoms with Gasteiger partial charge in [-0.05, 0) is 50.8 Å². The molecule has 1 aliphatic carbocycles. The van der Waals surface area contributed by atoms with Gasteiger partial charge in [-0.2, -0.15) is 5.10 Å². The van der Waals surface area contributed by atoms with Gasteiger partial charge in [-0.1, -0.05) is 74.2 Å². The number of benzene rings is 2. The van der Waals surface area contributed by atoms with Gasteiger partial charge in [0, 0.05) is 18.2 Å². The molecule has 0 radical (unpaired) electrons. The molecule has 0 bridgehead atoms. The number of carbonyl (C=O) groups is 2. The molecule has 0 aliphatic heterocycles. The first-order valence-corrected chi connectivity index (χ1v) is 13.0. The maximum absolute atomic E-state index is 13.4. The van der Waals surface area contributed by atoms with E-state index in [9.17, 15) is 9.59 Å².